The number of halogens is 3. The van der Waals surface area contributed by atoms with E-state index in [4.69, 9.17) is 4.74 Å². The van der Waals surface area contributed by atoms with Gasteiger partial charge in [-0.25, -0.2) is 4.79 Å². The van der Waals surface area contributed by atoms with Crippen molar-refractivity contribution in [2.24, 2.45) is 5.92 Å². The van der Waals surface area contributed by atoms with Crippen LogP contribution in [0, 0.1) is 5.92 Å². The van der Waals surface area contributed by atoms with Crippen LogP contribution >= 0.6 is 0 Å². The summed E-state index contributed by atoms with van der Waals surface area (Å²) in [5, 5.41) is 3.05. The van der Waals surface area contributed by atoms with Crippen molar-refractivity contribution in [3.63, 3.8) is 0 Å². The summed E-state index contributed by atoms with van der Waals surface area (Å²) < 4.78 is 43.2. The lowest BCUT2D eigenvalue weighted by Gasteiger charge is -2.23. The van der Waals surface area contributed by atoms with Crippen molar-refractivity contribution in [1.82, 2.24) is 15.1 Å². The van der Waals surface area contributed by atoms with Crippen molar-refractivity contribution < 1.29 is 22.7 Å². The van der Waals surface area contributed by atoms with Crippen molar-refractivity contribution in [2.75, 3.05) is 39.9 Å². The molecule has 0 bridgehead atoms. The van der Waals surface area contributed by atoms with Crippen molar-refractivity contribution >= 4 is 6.03 Å². The summed E-state index contributed by atoms with van der Waals surface area (Å²) in [7, 11) is 1.79. The lowest BCUT2D eigenvalue weighted by Crippen LogP contribution is -2.45. The van der Waals surface area contributed by atoms with Crippen LogP contribution in [0.1, 0.15) is 24.0 Å². The Morgan fingerprint density at radius 2 is 2.04 bits per heavy atom. The summed E-state index contributed by atoms with van der Waals surface area (Å²) in [5.74, 6) is 0.403. The number of urea groups is 1. The molecule has 2 unspecified atom stereocenters. The predicted octanol–water partition coefficient (Wildman–Crippen LogP) is 2.96. The lowest BCUT2D eigenvalue weighted by molar-refractivity contribution is -0.137. The molecule has 2 amide bonds. The smallest absolute Gasteiger partial charge is 0.381 e. The zero-order valence-electron chi connectivity index (χ0n) is 15.5. The first-order chi connectivity index (χ1) is 12.8. The van der Waals surface area contributed by atoms with E-state index in [-0.39, 0.29) is 12.1 Å². The minimum atomic E-state index is -4.31. The van der Waals surface area contributed by atoms with E-state index in [9.17, 15) is 18.0 Å². The van der Waals surface area contributed by atoms with Gasteiger partial charge in [0.05, 0.1) is 12.2 Å². The molecule has 8 heteroatoms. The number of ether oxygens (including phenoxy) is 1. The van der Waals surface area contributed by atoms with Crippen molar-refractivity contribution in [3.05, 3.63) is 35.4 Å². The van der Waals surface area contributed by atoms with Gasteiger partial charge in [-0.3, -0.25) is 4.90 Å². The molecule has 1 N–H and O–H groups in total. The van der Waals surface area contributed by atoms with Crippen LogP contribution in [0.3, 0.4) is 0 Å². The molecule has 5 nitrogen and oxygen atoms in total. The highest BCUT2D eigenvalue weighted by molar-refractivity contribution is 5.74. The van der Waals surface area contributed by atoms with Gasteiger partial charge in [-0.15, -0.1) is 0 Å². The Morgan fingerprint density at radius 3 is 2.67 bits per heavy atom. The molecule has 3 rings (SSSR count). The average molecular weight is 385 g/mol. The number of rotatable bonds is 5. The number of carbonyl (C=O) groups excluding carboxylic acids is 1. The molecular formula is C19H26F3N3O2. The Balaban J connectivity index is 1.43. The van der Waals surface area contributed by atoms with Crippen LogP contribution in [0.5, 0.6) is 0 Å². The molecule has 0 aromatic heterocycles. The van der Waals surface area contributed by atoms with Gasteiger partial charge >= 0.3 is 12.2 Å². The van der Waals surface area contributed by atoms with E-state index in [0.717, 1.165) is 43.7 Å². The van der Waals surface area contributed by atoms with Crippen LogP contribution in [-0.2, 0) is 17.5 Å². The second kappa shape index (κ2) is 8.48. The number of alkyl halides is 3. The quantitative estimate of drug-likeness (QED) is 0.848. The molecule has 2 aliphatic rings. The predicted molar refractivity (Wildman–Crippen MR) is 95.2 cm³/mol. The SMILES string of the molecule is CN(CC1CCOC1)C(=O)NC1CCN(Cc2ccc(C(F)(F)F)cc2)C1. The Kier molecular flexibility index (Phi) is 6.26. The van der Waals surface area contributed by atoms with Gasteiger partial charge in [-0.2, -0.15) is 13.2 Å². The van der Waals surface area contributed by atoms with Gasteiger partial charge in [0.25, 0.3) is 0 Å². The monoisotopic (exact) mass is 385 g/mol. The summed E-state index contributed by atoms with van der Waals surface area (Å²) in [6, 6.07) is 5.26. The highest BCUT2D eigenvalue weighted by atomic mass is 19.4. The van der Waals surface area contributed by atoms with E-state index in [0.29, 0.717) is 32.2 Å². The summed E-state index contributed by atoms with van der Waals surface area (Å²) in [5.41, 5.74) is 0.210. The second-order valence-electron chi connectivity index (χ2n) is 7.48. The van der Waals surface area contributed by atoms with Gasteiger partial charge in [0, 0.05) is 51.8 Å². The first-order valence-corrected chi connectivity index (χ1v) is 9.29. The maximum absolute atomic E-state index is 12.6. The first kappa shape index (κ1) is 19.9. The number of carbonyl (C=O) groups is 1. The lowest BCUT2D eigenvalue weighted by atomic mass is 10.1. The van der Waals surface area contributed by atoms with Crippen molar-refractivity contribution in [3.8, 4) is 0 Å². The van der Waals surface area contributed by atoms with E-state index >= 15 is 0 Å². The third kappa shape index (κ3) is 5.59. The number of hydrogen-bond donors (Lipinski definition) is 1. The molecule has 0 saturated carbocycles. The molecular weight excluding hydrogens is 359 g/mol. The van der Waals surface area contributed by atoms with Crippen LogP contribution < -0.4 is 5.32 Å². The molecule has 27 heavy (non-hydrogen) atoms. The topological polar surface area (TPSA) is 44.8 Å². The van der Waals surface area contributed by atoms with Crippen LogP contribution in [-0.4, -0.2) is 61.8 Å². The van der Waals surface area contributed by atoms with E-state index in [1.54, 1.807) is 11.9 Å². The molecule has 150 valence electrons. The number of likely N-dealkylation sites (tertiary alicyclic amines) is 1. The Hall–Kier alpha value is -1.80. The number of amides is 2. The highest BCUT2D eigenvalue weighted by Gasteiger charge is 2.30. The maximum atomic E-state index is 12.6. The molecule has 2 fully saturated rings. The third-order valence-corrected chi connectivity index (χ3v) is 5.19. The van der Waals surface area contributed by atoms with Crippen LogP contribution in [0.2, 0.25) is 0 Å². The summed E-state index contributed by atoms with van der Waals surface area (Å²) >= 11 is 0. The number of nitrogens with one attached hydrogen (secondary N) is 1. The normalized spacial score (nSPS) is 23.6. The number of nitrogens with zero attached hydrogens (tertiary/aromatic N) is 2. The van der Waals surface area contributed by atoms with E-state index in [2.05, 4.69) is 10.2 Å². The van der Waals surface area contributed by atoms with Crippen LogP contribution in [0.15, 0.2) is 24.3 Å². The summed E-state index contributed by atoms with van der Waals surface area (Å²) in [4.78, 5) is 16.2. The second-order valence-corrected chi connectivity index (χ2v) is 7.48. The number of benzene rings is 1. The molecule has 0 radical (unpaired) electrons. The molecule has 1 aromatic carbocycles. The van der Waals surface area contributed by atoms with Gasteiger partial charge in [-0.1, -0.05) is 12.1 Å². The molecule has 2 saturated heterocycles. The van der Waals surface area contributed by atoms with Crippen molar-refractivity contribution in [1.29, 1.82) is 0 Å². The van der Waals surface area contributed by atoms with E-state index < -0.39 is 11.7 Å². The fraction of sp³-hybridized carbons (Fsp3) is 0.632. The number of hydrogen-bond acceptors (Lipinski definition) is 3. The van der Waals surface area contributed by atoms with E-state index in [1.807, 2.05) is 0 Å². The van der Waals surface area contributed by atoms with Crippen LogP contribution in [0.25, 0.3) is 0 Å². The molecule has 1 aromatic rings. The third-order valence-electron chi connectivity index (χ3n) is 5.19. The van der Waals surface area contributed by atoms with Gasteiger partial charge in [0.1, 0.15) is 0 Å². The van der Waals surface area contributed by atoms with Crippen LogP contribution in [0.4, 0.5) is 18.0 Å². The molecule has 2 aliphatic heterocycles. The fourth-order valence-corrected chi connectivity index (χ4v) is 3.63. The minimum Gasteiger partial charge on any atom is -0.381 e. The minimum absolute atomic E-state index is 0.0641. The zero-order chi connectivity index (χ0) is 19.4. The van der Waals surface area contributed by atoms with Gasteiger partial charge < -0.3 is 15.0 Å². The average Bonchev–Trinajstić information content (AvgIpc) is 3.26. The first-order valence-electron chi connectivity index (χ1n) is 9.29. The fourth-order valence-electron chi connectivity index (χ4n) is 3.63. The maximum Gasteiger partial charge on any atom is 0.416 e. The van der Waals surface area contributed by atoms with Gasteiger partial charge in [0.2, 0.25) is 0 Å². The largest absolute Gasteiger partial charge is 0.416 e. The summed E-state index contributed by atoms with van der Waals surface area (Å²) in [6.45, 7) is 4.26. The molecule has 0 aliphatic carbocycles. The Labute approximate surface area is 157 Å². The Morgan fingerprint density at radius 1 is 1.30 bits per heavy atom. The highest BCUT2D eigenvalue weighted by Crippen LogP contribution is 2.29. The van der Waals surface area contributed by atoms with E-state index in [1.165, 1.54) is 12.1 Å². The summed E-state index contributed by atoms with van der Waals surface area (Å²) in [6.07, 6.45) is -2.48. The Bertz CT molecular complexity index is 630. The van der Waals surface area contributed by atoms with Gasteiger partial charge in [-0.05, 0) is 30.5 Å². The van der Waals surface area contributed by atoms with Gasteiger partial charge in [0.15, 0.2) is 0 Å². The molecule has 0 spiro atoms. The molecule has 2 heterocycles. The van der Waals surface area contributed by atoms with Crippen molar-refractivity contribution in [2.45, 2.75) is 31.6 Å². The molecule has 2 atom stereocenters. The standard InChI is InChI=1S/C19H26F3N3O2/c1-24(10-15-7-9-27-13-15)18(26)23-17-6-8-25(12-17)11-14-2-4-16(5-3-14)19(20,21)22/h2-5,15,17H,6-13H2,1H3,(H,23,26). The zero-order valence-corrected chi connectivity index (χ0v) is 15.5.